The first-order valence-electron chi connectivity index (χ1n) is 11.3. The van der Waals surface area contributed by atoms with Crippen molar-refractivity contribution in [2.75, 3.05) is 0 Å². The van der Waals surface area contributed by atoms with Crippen molar-refractivity contribution in [1.29, 1.82) is 0 Å². The van der Waals surface area contributed by atoms with Crippen molar-refractivity contribution in [2.45, 2.75) is 100 Å². The summed E-state index contributed by atoms with van der Waals surface area (Å²) in [7, 11) is 0. The number of hydrogen-bond donors (Lipinski definition) is 1. The maximum Gasteiger partial charge on any atom is 0.115 e. The van der Waals surface area contributed by atoms with Crippen molar-refractivity contribution >= 4 is 11.8 Å². The van der Waals surface area contributed by atoms with Crippen LogP contribution in [0.3, 0.4) is 0 Å². The Kier molecular flexibility index (Phi) is 11.9. The van der Waals surface area contributed by atoms with Crippen molar-refractivity contribution in [3.05, 3.63) is 54.1 Å². The lowest BCUT2D eigenvalue weighted by molar-refractivity contribution is 0.475. The average molecular weight is 399 g/mol. The highest BCUT2D eigenvalue weighted by atomic mass is 32.2. The number of phenols is 1. The van der Waals surface area contributed by atoms with Crippen LogP contribution in [0.1, 0.15) is 89.5 Å². The van der Waals surface area contributed by atoms with E-state index in [-0.39, 0.29) is 0 Å². The summed E-state index contributed by atoms with van der Waals surface area (Å²) in [5, 5.41) is 9.36. The number of aromatic hydroxyl groups is 1. The maximum absolute atomic E-state index is 9.36. The van der Waals surface area contributed by atoms with E-state index in [2.05, 4.69) is 31.2 Å². The van der Waals surface area contributed by atoms with Crippen LogP contribution in [-0.4, -0.2) is 5.11 Å². The normalized spacial score (nSPS) is 11.0. The molecule has 0 fully saturated rings. The standard InChI is InChI=1S/C26H38OS/c1-2-3-4-5-6-7-8-9-10-11-12-13-14-23-15-19-25(20-16-23)28-26-21-17-24(27)18-22-26/h15-22,27H,2-14H2,1H3. The third-order valence-electron chi connectivity index (χ3n) is 5.31. The number of hydrogen-bond acceptors (Lipinski definition) is 2. The van der Waals surface area contributed by atoms with Crippen molar-refractivity contribution in [3.63, 3.8) is 0 Å². The second-order valence-electron chi connectivity index (χ2n) is 7.88. The molecule has 0 unspecified atom stereocenters. The molecule has 0 spiro atoms. The molecule has 1 N–H and O–H groups in total. The van der Waals surface area contributed by atoms with Gasteiger partial charge in [-0.1, -0.05) is 101 Å². The van der Waals surface area contributed by atoms with Gasteiger partial charge in [-0.15, -0.1) is 0 Å². The van der Waals surface area contributed by atoms with E-state index in [0.29, 0.717) is 5.75 Å². The molecular weight excluding hydrogens is 360 g/mol. The number of benzene rings is 2. The van der Waals surface area contributed by atoms with Crippen LogP contribution < -0.4 is 0 Å². The van der Waals surface area contributed by atoms with Gasteiger partial charge in [-0.2, -0.15) is 0 Å². The molecule has 0 aliphatic carbocycles. The van der Waals surface area contributed by atoms with Crippen LogP contribution in [0.15, 0.2) is 58.3 Å². The summed E-state index contributed by atoms with van der Waals surface area (Å²) in [6.45, 7) is 2.29. The van der Waals surface area contributed by atoms with E-state index in [1.165, 1.54) is 93.9 Å². The highest BCUT2D eigenvalue weighted by molar-refractivity contribution is 7.99. The van der Waals surface area contributed by atoms with Crippen molar-refractivity contribution < 1.29 is 5.11 Å². The lowest BCUT2D eigenvalue weighted by Gasteiger charge is -2.05. The van der Waals surface area contributed by atoms with Gasteiger partial charge in [-0.3, -0.25) is 0 Å². The van der Waals surface area contributed by atoms with Gasteiger partial charge in [-0.25, -0.2) is 0 Å². The zero-order valence-corrected chi connectivity index (χ0v) is 18.5. The average Bonchev–Trinajstić information content (AvgIpc) is 2.72. The van der Waals surface area contributed by atoms with Crippen LogP contribution >= 0.6 is 11.8 Å². The predicted octanol–water partition coefficient (Wildman–Crippen LogP) is 8.79. The summed E-state index contributed by atoms with van der Waals surface area (Å²) in [6.07, 6.45) is 18.1. The highest BCUT2D eigenvalue weighted by Crippen LogP contribution is 2.29. The molecule has 0 aromatic heterocycles. The number of unbranched alkanes of at least 4 members (excludes halogenated alkanes) is 11. The molecule has 0 atom stereocenters. The molecule has 2 rings (SSSR count). The second-order valence-corrected chi connectivity index (χ2v) is 9.03. The predicted molar refractivity (Wildman–Crippen MR) is 123 cm³/mol. The lowest BCUT2D eigenvalue weighted by atomic mass is 10.0. The second kappa shape index (κ2) is 14.6. The molecule has 0 saturated heterocycles. The summed E-state index contributed by atoms with van der Waals surface area (Å²) < 4.78 is 0. The molecule has 0 aliphatic heterocycles. The zero-order chi connectivity index (χ0) is 19.9. The molecule has 2 aromatic carbocycles. The minimum Gasteiger partial charge on any atom is -0.508 e. The summed E-state index contributed by atoms with van der Waals surface area (Å²) in [4.78, 5) is 2.41. The van der Waals surface area contributed by atoms with Gasteiger partial charge in [0.1, 0.15) is 5.75 Å². The van der Waals surface area contributed by atoms with E-state index in [1.54, 1.807) is 23.9 Å². The molecule has 0 heterocycles. The molecule has 28 heavy (non-hydrogen) atoms. The van der Waals surface area contributed by atoms with Crippen LogP contribution in [0, 0.1) is 0 Å². The SMILES string of the molecule is CCCCCCCCCCCCCCc1ccc(Sc2ccc(O)cc2)cc1. The Hall–Kier alpha value is -1.41. The molecule has 1 nitrogen and oxygen atoms in total. The zero-order valence-electron chi connectivity index (χ0n) is 17.7. The van der Waals surface area contributed by atoms with Crippen LogP contribution in [0.2, 0.25) is 0 Å². The van der Waals surface area contributed by atoms with Gasteiger partial charge in [0.15, 0.2) is 0 Å². The third-order valence-corrected chi connectivity index (χ3v) is 6.33. The van der Waals surface area contributed by atoms with Crippen molar-refractivity contribution in [3.8, 4) is 5.75 Å². The number of rotatable bonds is 15. The summed E-state index contributed by atoms with van der Waals surface area (Å²) >= 11 is 1.74. The first-order chi connectivity index (χ1) is 13.8. The van der Waals surface area contributed by atoms with E-state index in [9.17, 15) is 5.11 Å². The van der Waals surface area contributed by atoms with E-state index < -0.39 is 0 Å². The van der Waals surface area contributed by atoms with Crippen LogP contribution in [0.25, 0.3) is 0 Å². The minimum atomic E-state index is 0.321. The molecular formula is C26H38OS. The number of phenolic OH excluding ortho intramolecular Hbond substituents is 1. The van der Waals surface area contributed by atoms with Gasteiger partial charge in [-0.05, 0) is 54.8 Å². The molecule has 0 radical (unpaired) electrons. The minimum absolute atomic E-state index is 0.321. The van der Waals surface area contributed by atoms with E-state index in [1.807, 2.05) is 12.1 Å². The van der Waals surface area contributed by atoms with Gasteiger partial charge in [0, 0.05) is 9.79 Å². The Balaban J connectivity index is 1.49. The van der Waals surface area contributed by atoms with Gasteiger partial charge < -0.3 is 5.11 Å². The first kappa shape index (κ1) is 22.9. The molecule has 0 amide bonds. The van der Waals surface area contributed by atoms with E-state index in [4.69, 9.17) is 0 Å². The molecule has 154 valence electrons. The van der Waals surface area contributed by atoms with Gasteiger partial charge >= 0.3 is 0 Å². The monoisotopic (exact) mass is 398 g/mol. The topological polar surface area (TPSA) is 20.2 Å². The van der Waals surface area contributed by atoms with Crippen molar-refractivity contribution in [1.82, 2.24) is 0 Å². The van der Waals surface area contributed by atoms with E-state index >= 15 is 0 Å². The van der Waals surface area contributed by atoms with Crippen molar-refractivity contribution in [2.24, 2.45) is 0 Å². The molecule has 2 aromatic rings. The summed E-state index contributed by atoms with van der Waals surface area (Å²) in [5.74, 6) is 0.321. The maximum atomic E-state index is 9.36. The molecule has 0 aliphatic rings. The Morgan fingerprint density at radius 3 is 1.50 bits per heavy atom. The van der Waals surface area contributed by atoms with Crippen LogP contribution in [0.5, 0.6) is 5.75 Å². The Morgan fingerprint density at radius 2 is 1.00 bits per heavy atom. The molecule has 2 heteroatoms. The summed E-state index contributed by atoms with van der Waals surface area (Å²) in [6, 6.07) is 16.4. The smallest absolute Gasteiger partial charge is 0.115 e. The van der Waals surface area contributed by atoms with Gasteiger partial charge in [0.25, 0.3) is 0 Å². The molecule has 0 bridgehead atoms. The first-order valence-corrected chi connectivity index (χ1v) is 12.2. The number of aryl methyl sites for hydroxylation is 1. The highest BCUT2D eigenvalue weighted by Gasteiger charge is 2.00. The lowest BCUT2D eigenvalue weighted by Crippen LogP contribution is -1.87. The van der Waals surface area contributed by atoms with Gasteiger partial charge in [0.2, 0.25) is 0 Å². The van der Waals surface area contributed by atoms with E-state index in [0.717, 1.165) is 4.90 Å². The fourth-order valence-electron chi connectivity index (χ4n) is 3.54. The Labute approximate surface area is 177 Å². The largest absolute Gasteiger partial charge is 0.508 e. The van der Waals surface area contributed by atoms with Crippen LogP contribution in [0.4, 0.5) is 0 Å². The Morgan fingerprint density at radius 1 is 0.571 bits per heavy atom. The quantitative estimate of drug-likeness (QED) is 0.302. The Bertz CT molecular complexity index is 618. The fourth-order valence-corrected chi connectivity index (χ4v) is 4.36. The summed E-state index contributed by atoms with van der Waals surface area (Å²) in [5.41, 5.74) is 1.45. The fraction of sp³-hybridized carbons (Fsp3) is 0.538. The van der Waals surface area contributed by atoms with Crippen LogP contribution in [-0.2, 0) is 6.42 Å². The van der Waals surface area contributed by atoms with Gasteiger partial charge in [0.05, 0.1) is 0 Å². The third kappa shape index (κ3) is 10.2. The molecule has 0 saturated carbocycles.